The van der Waals surface area contributed by atoms with E-state index in [-0.39, 0.29) is 4.83 Å². The number of halogens is 3. The van der Waals surface area contributed by atoms with Crippen molar-refractivity contribution in [3.63, 3.8) is 0 Å². The molecule has 2 aromatic rings. The van der Waals surface area contributed by atoms with Crippen LogP contribution in [0.5, 0.6) is 5.75 Å². The third-order valence-electron chi connectivity index (χ3n) is 2.34. The Balaban J connectivity index is 2.35. The van der Waals surface area contributed by atoms with Crippen molar-refractivity contribution in [2.75, 3.05) is 7.11 Å². The van der Waals surface area contributed by atoms with E-state index in [4.69, 9.17) is 4.74 Å². The lowest BCUT2D eigenvalue weighted by Crippen LogP contribution is -1.92. The van der Waals surface area contributed by atoms with Gasteiger partial charge in [-0.2, -0.15) is 0 Å². The smallest absolute Gasteiger partial charge is 0.133 e. The molecule has 5 heteroatoms. The van der Waals surface area contributed by atoms with Gasteiger partial charge < -0.3 is 4.74 Å². The Morgan fingerprint density at radius 3 is 2.47 bits per heavy atom. The second-order valence-corrected chi connectivity index (χ2v) is 6.96. The number of ether oxygens (including phenoxy) is 1. The topological polar surface area (TPSA) is 9.23 Å². The van der Waals surface area contributed by atoms with Crippen LogP contribution in [0.3, 0.4) is 0 Å². The summed E-state index contributed by atoms with van der Waals surface area (Å²) in [6, 6.07) is 8.17. The zero-order valence-electron chi connectivity index (χ0n) is 8.91. The number of hydrogen-bond donors (Lipinski definition) is 0. The molecule has 1 atom stereocenters. The summed E-state index contributed by atoms with van der Waals surface area (Å²) < 4.78 is 7.33. The molecule has 0 saturated heterocycles. The number of methoxy groups -OCH3 is 1. The van der Waals surface area contributed by atoms with Crippen molar-refractivity contribution < 1.29 is 4.74 Å². The molecule has 0 spiro atoms. The molecule has 0 radical (unpaired) electrons. The van der Waals surface area contributed by atoms with Crippen LogP contribution in [0, 0.1) is 0 Å². The molecule has 0 N–H and O–H groups in total. The molecule has 0 fully saturated rings. The highest BCUT2D eigenvalue weighted by Crippen LogP contribution is 2.40. The Morgan fingerprint density at radius 2 is 1.94 bits per heavy atom. The molecular formula is C12H9Br3OS. The van der Waals surface area contributed by atoms with Crippen molar-refractivity contribution in [3.05, 3.63) is 49.0 Å². The van der Waals surface area contributed by atoms with E-state index >= 15 is 0 Å². The van der Waals surface area contributed by atoms with E-state index in [1.54, 1.807) is 18.4 Å². The second-order valence-electron chi connectivity index (χ2n) is 3.39. The maximum atomic E-state index is 5.23. The lowest BCUT2D eigenvalue weighted by Gasteiger charge is -2.11. The summed E-state index contributed by atoms with van der Waals surface area (Å²) in [6.45, 7) is 0. The van der Waals surface area contributed by atoms with Crippen LogP contribution in [0.2, 0.25) is 0 Å². The fourth-order valence-electron chi connectivity index (χ4n) is 1.48. The molecule has 0 aliphatic heterocycles. The van der Waals surface area contributed by atoms with Crippen molar-refractivity contribution in [2.24, 2.45) is 0 Å². The van der Waals surface area contributed by atoms with Crippen LogP contribution in [-0.4, -0.2) is 7.11 Å². The van der Waals surface area contributed by atoms with Gasteiger partial charge in [0.2, 0.25) is 0 Å². The van der Waals surface area contributed by atoms with Crippen LogP contribution < -0.4 is 4.74 Å². The minimum absolute atomic E-state index is 0.194. The predicted octanol–water partition coefficient (Wildman–Crippen LogP) is 5.77. The van der Waals surface area contributed by atoms with Gasteiger partial charge in [0, 0.05) is 9.35 Å². The van der Waals surface area contributed by atoms with Crippen molar-refractivity contribution >= 4 is 59.1 Å². The Bertz CT molecular complexity index is 524. The first-order valence-electron chi connectivity index (χ1n) is 4.84. The van der Waals surface area contributed by atoms with E-state index in [1.807, 2.05) is 6.07 Å². The van der Waals surface area contributed by atoms with E-state index < -0.39 is 0 Å². The zero-order chi connectivity index (χ0) is 12.4. The molecule has 0 amide bonds. The third kappa shape index (κ3) is 2.95. The first kappa shape index (κ1) is 13.6. The number of thiophene rings is 1. The third-order valence-corrected chi connectivity index (χ3v) is 6.19. The summed E-state index contributed by atoms with van der Waals surface area (Å²) >= 11 is 12.5. The highest BCUT2D eigenvalue weighted by atomic mass is 79.9. The van der Waals surface area contributed by atoms with E-state index in [1.165, 1.54) is 10.4 Å². The minimum Gasteiger partial charge on any atom is -0.496 e. The molecule has 2 rings (SSSR count). The first-order valence-corrected chi connectivity index (χ1v) is 8.22. The van der Waals surface area contributed by atoms with Gasteiger partial charge in [-0.25, -0.2) is 0 Å². The van der Waals surface area contributed by atoms with Gasteiger partial charge in [-0.15, -0.1) is 11.3 Å². The number of benzene rings is 1. The van der Waals surface area contributed by atoms with Gasteiger partial charge in [-0.3, -0.25) is 0 Å². The van der Waals surface area contributed by atoms with Crippen molar-refractivity contribution in [2.45, 2.75) is 4.83 Å². The Labute approximate surface area is 130 Å². The van der Waals surface area contributed by atoms with Crippen molar-refractivity contribution in [1.82, 2.24) is 0 Å². The Morgan fingerprint density at radius 1 is 1.18 bits per heavy atom. The van der Waals surface area contributed by atoms with Crippen molar-refractivity contribution in [3.8, 4) is 5.75 Å². The summed E-state index contributed by atoms with van der Waals surface area (Å²) in [5.74, 6) is 0.846. The van der Waals surface area contributed by atoms with Gasteiger partial charge in [0.1, 0.15) is 5.75 Å². The van der Waals surface area contributed by atoms with Crippen LogP contribution in [0.25, 0.3) is 0 Å². The maximum Gasteiger partial charge on any atom is 0.133 e. The molecule has 1 aromatic carbocycles. The van der Waals surface area contributed by atoms with Gasteiger partial charge in [-0.05, 0) is 61.0 Å². The molecule has 0 aliphatic rings. The molecule has 1 aromatic heterocycles. The lowest BCUT2D eigenvalue weighted by molar-refractivity contribution is 0.412. The van der Waals surface area contributed by atoms with Gasteiger partial charge in [0.25, 0.3) is 0 Å². The van der Waals surface area contributed by atoms with Crippen LogP contribution in [0.1, 0.15) is 15.3 Å². The molecular weight excluding hydrogens is 432 g/mol. The monoisotopic (exact) mass is 438 g/mol. The second kappa shape index (κ2) is 5.87. The maximum absolute atomic E-state index is 5.23. The standard InChI is InChI=1S/C12H9Br3OS/c1-16-10-3-2-7(6-9(10)14)11(15)12-8(13)4-5-17-12/h2-6,11H,1H3. The van der Waals surface area contributed by atoms with E-state index in [2.05, 4.69) is 71.4 Å². The average molecular weight is 441 g/mol. The quantitative estimate of drug-likeness (QED) is 0.551. The van der Waals surface area contributed by atoms with Gasteiger partial charge in [0.05, 0.1) is 16.4 Å². The summed E-state index contributed by atoms with van der Waals surface area (Å²) in [5, 5.41) is 2.08. The van der Waals surface area contributed by atoms with Crippen LogP contribution in [0.4, 0.5) is 0 Å². The fraction of sp³-hybridized carbons (Fsp3) is 0.167. The lowest BCUT2D eigenvalue weighted by atomic mass is 10.1. The molecule has 0 aliphatic carbocycles. The normalized spacial score (nSPS) is 12.5. The predicted molar refractivity (Wildman–Crippen MR) is 83.5 cm³/mol. The van der Waals surface area contributed by atoms with Gasteiger partial charge >= 0.3 is 0 Å². The summed E-state index contributed by atoms with van der Waals surface area (Å²) in [7, 11) is 1.67. The minimum atomic E-state index is 0.194. The molecule has 1 nitrogen and oxygen atoms in total. The largest absolute Gasteiger partial charge is 0.496 e. The molecule has 1 heterocycles. The molecule has 1 unspecified atom stereocenters. The molecule has 17 heavy (non-hydrogen) atoms. The van der Waals surface area contributed by atoms with E-state index in [9.17, 15) is 0 Å². The first-order chi connectivity index (χ1) is 8.13. The molecule has 90 valence electrons. The zero-order valence-corrected chi connectivity index (χ0v) is 14.5. The fourth-order valence-corrected chi connectivity index (χ4v) is 4.80. The van der Waals surface area contributed by atoms with Gasteiger partial charge in [-0.1, -0.05) is 22.0 Å². The van der Waals surface area contributed by atoms with Gasteiger partial charge in [0.15, 0.2) is 0 Å². The summed E-state index contributed by atoms with van der Waals surface area (Å²) in [6.07, 6.45) is 0. The van der Waals surface area contributed by atoms with Crippen LogP contribution in [-0.2, 0) is 0 Å². The number of alkyl halides is 1. The van der Waals surface area contributed by atoms with Crippen molar-refractivity contribution in [1.29, 1.82) is 0 Å². The highest BCUT2D eigenvalue weighted by molar-refractivity contribution is 9.11. The summed E-state index contributed by atoms with van der Waals surface area (Å²) in [4.78, 5) is 1.46. The Hall–Kier alpha value is 0.160. The van der Waals surface area contributed by atoms with Crippen LogP contribution >= 0.6 is 59.1 Å². The number of hydrogen-bond acceptors (Lipinski definition) is 2. The average Bonchev–Trinajstić information content (AvgIpc) is 2.74. The van der Waals surface area contributed by atoms with Crippen LogP contribution in [0.15, 0.2) is 38.6 Å². The molecule has 0 saturated carbocycles. The number of rotatable bonds is 3. The van der Waals surface area contributed by atoms with E-state index in [0.29, 0.717) is 0 Å². The molecule has 0 bridgehead atoms. The Kier molecular flexibility index (Phi) is 4.69. The van der Waals surface area contributed by atoms with E-state index in [0.717, 1.165) is 14.7 Å². The SMILES string of the molecule is COc1ccc(C(Br)c2sccc2Br)cc1Br. The summed E-state index contributed by atoms with van der Waals surface area (Å²) in [5.41, 5.74) is 1.20. The highest BCUT2D eigenvalue weighted by Gasteiger charge is 2.16.